The van der Waals surface area contributed by atoms with Gasteiger partial charge in [0.05, 0.1) is 0 Å². The summed E-state index contributed by atoms with van der Waals surface area (Å²) in [6.45, 7) is 3.99. The van der Waals surface area contributed by atoms with Crippen molar-refractivity contribution in [3.63, 3.8) is 0 Å². The van der Waals surface area contributed by atoms with Crippen LogP contribution in [0.2, 0.25) is 0 Å². The SMILES string of the molecule is CC/C(C)=N/Nc1nnc2c(n1)[nH]c1ccccc12. The molecule has 0 aliphatic carbocycles. The Labute approximate surface area is 110 Å². The van der Waals surface area contributed by atoms with E-state index in [1.165, 1.54) is 0 Å². The van der Waals surface area contributed by atoms with Gasteiger partial charge in [-0.3, -0.25) is 0 Å². The van der Waals surface area contributed by atoms with Gasteiger partial charge in [-0.1, -0.05) is 25.1 Å². The Morgan fingerprint density at radius 3 is 3.00 bits per heavy atom. The molecule has 0 atom stereocenters. The largest absolute Gasteiger partial charge is 0.338 e. The van der Waals surface area contributed by atoms with Gasteiger partial charge in [0.15, 0.2) is 5.65 Å². The molecule has 0 aliphatic rings. The second kappa shape index (κ2) is 4.64. The number of nitrogens with zero attached hydrogens (tertiary/aromatic N) is 4. The normalized spacial score (nSPS) is 12.2. The maximum atomic E-state index is 4.37. The highest BCUT2D eigenvalue weighted by atomic mass is 15.4. The fourth-order valence-electron chi connectivity index (χ4n) is 1.79. The Morgan fingerprint density at radius 2 is 2.16 bits per heavy atom. The minimum atomic E-state index is 0.395. The number of aromatic nitrogens is 4. The summed E-state index contributed by atoms with van der Waals surface area (Å²) >= 11 is 0. The Hall–Kier alpha value is -2.50. The van der Waals surface area contributed by atoms with Crippen LogP contribution in [-0.2, 0) is 0 Å². The van der Waals surface area contributed by atoms with Gasteiger partial charge in [0, 0.05) is 16.6 Å². The second-order valence-electron chi connectivity index (χ2n) is 4.32. The van der Waals surface area contributed by atoms with Crippen LogP contribution in [0.4, 0.5) is 5.95 Å². The summed E-state index contributed by atoms with van der Waals surface area (Å²) in [6, 6.07) is 7.93. The molecule has 2 N–H and O–H groups in total. The number of H-pyrrole nitrogens is 1. The van der Waals surface area contributed by atoms with E-state index < -0.39 is 0 Å². The number of anilines is 1. The lowest BCUT2D eigenvalue weighted by atomic mass is 10.2. The lowest BCUT2D eigenvalue weighted by Crippen LogP contribution is -2.01. The van der Waals surface area contributed by atoms with Crippen LogP contribution in [0.1, 0.15) is 20.3 Å². The van der Waals surface area contributed by atoms with Crippen molar-refractivity contribution in [1.29, 1.82) is 0 Å². The van der Waals surface area contributed by atoms with Crippen LogP contribution in [0.25, 0.3) is 22.1 Å². The van der Waals surface area contributed by atoms with Crippen molar-refractivity contribution in [2.45, 2.75) is 20.3 Å². The summed E-state index contributed by atoms with van der Waals surface area (Å²) in [5, 5.41) is 13.4. The highest BCUT2D eigenvalue weighted by Gasteiger charge is 2.07. The molecule has 0 fully saturated rings. The Bertz CT molecular complexity index is 758. The van der Waals surface area contributed by atoms with E-state index in [4.69, 9.17) is 0 Å². The van der Waals surface area contributed by atoms with E-state index in [-0.39, 0.29) is 0 Å². The van der Waals surface area contributed by atoms with Crippen LogP contribution in [0.3, 0.4) is 0 Å². The topological polar surface area (TPSA) is 78.8 Å². The molecule has 0 radical (unpaired) electrons. The highest BCUT2D eigenvalue weighted by Crippen LogP contribution is 2.21. The Balaban J connectivity index is 2.04. The quantitative estimate of drug-likeness (QED) is 0.556. The summed E-state index contributed by atoms with van der Waals surface area (Å²) in [5.41, 5.74) is 6.29. The van der Waals surface area contributed by atoms with Gasteiger partial charge in [-0.05, 0) is 19.4 Å². The average molecular weight is 254 g/mol. The van der Waals surface area contributed by atoms with Crippen LogP contribution in [0.5, 0.6) is 0 Å². The number of hydrazone groups is 1. The van der Waals surface area contributed by atoms with Gasteiger partial charge < -0.3 is 4.98 Å². The van der Waals surface area contributed by atoms with Crippen molar-refractivity contribution in [3.05, 3.63) is 24.3 Å². The first-order chi connectivity index (χ1) is 9.28. The van der Waals surface area contributed by atoms with E-state index in [0.29, 0.717) is 11.6 Å². The minimum absolute atomic E-state index is 0.395. The molecular formula is C13H14N6. The summed E-state index contributed by atoms with van der Waals surface area (Å²) < 4.78 is 0. The molecule has 2 heterocycles. The van der Waals surface area contributed by atoms with Crippen molar-refractivity contribution in [3.8, 4) is 0 Å². The molecule has 1 aromatic carbocycles. The van der Waals surface area contributed by atoms with E-state index >= 15 is 0 Å². The van der Waals surface area contributed by atoms with Crippen LogP contribution >= 0.6 is 0 Å². The van der Waals surface area contributed by atoms with Crippen molar-refractivity contribution in [2.75, 3.05) is 5.43 Å². The maximum Gasteiger partial charge on any atom is 0.265 e. The zero-order chi connectivity index (χ0) is 13.2. The van der Waals surface area contributed by atoms with Crippen LogP contribution in [0, 0.1) is 0 Å². The van der Waals surface area contributed by atoms with Gasteiger partial charge in [-0.15, -0.1) is 10.2 Å². The van der Waals surface area contributed by atoms with Gasteiger partial charge in [-0.2, -0.15) is 10.1 Å². The van der Waals surface area contributed by atoms with E-state index in [1.807, 2.05) is 38.1 Å². The minimum Gasteiger partial charge on any atom is -0.338 e. The van der Waals surface area contributed by atoms with Crippen LogP contribution < -0.4 is 5.43 Å². The third-order valence-corrected chi connectivity index (χ3v) is 2.98. The van der Waals surface area contributed by atoms with Gasteiger partial charge >= 0.3 is 0 Å². The van der Waals surface area contributed by atoms with Crippen LogP contribution in [0.15, 0.2) is 29.4 Å². The van der Waals surface area contributed by atoms with E-state index in [0.717, 1.165) is 28.6 Å². The summed E-state index contributed by atoms with van der Waals surface area (Å²) in [4.78, 5) is 7.59. The second-order valence-corrected chi connectivity index (χ2v) is 4.32. The maximum absolute atomic E-state index is 4.37. The van der Waals surface area contributed by atoms with Crippen LogP contribution in [-0.4, -0.2) is 25.9 Å². The number of nitrogens with one attached hydrogen (secondary N) is 2. The fraction of sp³-hybridized carbons (Fsp3) is 0.231. The Kier molecular flexibility index (Phi) is 2.83. The average Bonchev–Trinajstić information content (AvgIpc) is 2.82. The first-order valence-electron chi connectivity index (χ1n) is 6.18. The summed E-state index contributed by atoms with van der Waals surface area (Å²) in [7, 11) is 0. The number of hydrogen-bond acceptors (Lipinski definition) is 5. The molecule has 0 saturated carbocycles. The van der Waals surface area contributed by atoms with Crippen molar-refractivity contribution in [2.24, 2.45) is 5.10 Å². The number of benzene rings is 1. The summed E-state index contributed by atoms with van der Waals surface area (Å²) in [6.07, 6.45) is 0.884. The molecule has 0 bridgehead atoms. The fourth-order valence-corrected chi connectivity index (χ4v) is 1.79. The molecule has 3 aromatic rings. The van der Waals surface area contributed by atoms with Gasteiger partial charge in [-0.25, -0.2) is 5.43 Å². The third kappa shape index (κ3) is 2.12. The molecule has 0 unspecified atom stereocenters. The molecule has 6 heteroatoms. The van der Waals surface area contributed by atoms with E-state index in [9.17, 15) is 0 Å². The number of para-hydroxylation sites is 1. The molecule has 2 aromatic heterocycles. The van der Waals surface area contributed by atoms with Gasteiger partial charge in [0.25, 0.3) is 5.95 Å². The molecular weight excluding hydrogens is 240 g/mol. The number of aromatic amines is 1. The van der Waals surface area contributed by atoms with E-state index in [2.05, 4.69) is 30.7 Å². The van der Waals surface area contributed by atoms with Crippen molar-refractivity contribution in [1.82, 2.24) is 20.2 Å². The molecule has 6 nitrogen and oxygen atoms in total. The van der Waals surface area contributed by atoms with Crippen molar-refractivity contribution >= 4 is 33.7 Å². The first kappa shape index (κ1) is 11.6. The molecule has 96 valence electrons. The van der Waals surface area contributed by atoms with E-state index in [1.54, 1.807) is 0 Å². The predicted octanol–water partition coefficient (Wildman–Crippen LogP) is 2.70. The lowest BCUT2D eigenvalue weighted by Gasteiger charge is -1.98. The molecule has 3 rings (SSSR count). The smallest absolute Gasteiger partial charge is 0.265 e. The van der Waals surface area contributed by atoms with Gasteiger partial charge in [0.1, 0.15) is 5.52 Å². The summed E-state index contributed by atoms with van der Waals surface area (Å²) in [5.74, 6) is 0.395. The molecule has 0 aliphatic heterocycles. The standard InChI is InChI=1S/C13H14N6/c1-3-8(2)16-18-13-15-12-11(17-19-13)9-6-4-5-7-10(9)14-12/h4-7H,3H2,1-2H3,(H2,14,15,18,19)/b16-8+. The monoisotopic (exact) mass is 254 g/mol. The zero-order valence-corrected chi connectivity index (χ0v) is 10.8. The number of fused-ring (bicyclic) bond motifs is 3. The first-order valence-corrected chi connectivity index (χ1v) is 6.18. The molecule has 0 amide bonds. The van der Waals surface area contributed by atoms with Crippen molar-refractivity contribution < 1.29 is 0 Å². The molecule has 19 heavy (non-hydrogen) atoms. The highest BCUT2D eigenvalue weighted by molar-refractivity contribution is 6.03. The number of hydrogen-bond donors (Lipinski definition) is 2. The lowest BCUT2D eigenvalue weighted by molar-refractivity contribution is 1.00. The molecule has 0 spiro atoms. The third-order valence-electron chi connectivity index (χ3n) is 2.98. The predicted molar refractivity (Wildman–Crippen MR) is 76.2 cm³/mol. The number of rotatable bonds is 3. The Morgan fingerprint density at radius 1 is 1.32 bits per heavy atom. The van der Waals surface area contributed by atoms with Gasteiger partial charge in [0.2, 0.25) is 0 Å². The molecule has 0 saturated heterocycles. The zero-order valence-electron chi connectivity index (χ0n) is 10.8.